The predicted molar refractivity (Wildman–Crippen MR) is 74.3 cm³/mol. The van der Waals surface area contributed by atoms with Crippen LogP contribution >= 0.6 is 0 Å². The number of methoxy groups -OCH3 is 1. The fraction of sp³-hybridized carbons (Fsp3) is 0.429. The normalized spacial score (nSPS) is 11.0. The third-order valence-corrected chi connectivity index (χ3v) is 3.04. The van der Waals surface area contributed by atoms with Crippen molar-refractivity contribution in [3.05, 3.63) is 30.2 Å². The van der Waals surface area contributed by atoms with E-state index in [2.05, 4.69) is 10.1 Å². The van der Waals surface area contributed by atoms with Gasteiger partial charge in [0.05, 0.1) is 20.3 Å². The van der Waals surface area contributed by atoms with Gasteiger partial charge in [-0.3, -0.25) is 4.90 Å². The standard InChI is InChI=1S/C14H19N3O3/c1-3-17(8-9-18)10-13-15-14(16-20-13)11-4-6-12(19-2)7-5-11/h4-7,18H,3,8-10H2,1-2H3. The molecule has 108 valence electrons. The van der Waals surface area contributed by atoms with Crippen LogP contribution in [0.4, 0.5) is 0 Å². The first-order valence-electron chi connectivity index (χ1n) is 6.57. The first-order valence-corrected chi connectivity index (χ1v) is 6.57. The lowest BCUT2D eigenvalue weighted by Crippen LogP contribution is -2.26. The van der Waals surface area contributed by atoms with Crippen molar-refractivity contribution in [2.75, 3.05) is 26.8 Å². The highest BCUT2D eigenvalue weighted by atomic mass is 16.5. The first kappa shape index (κ1) is 14.5. The summed E-state index contributed by atoms with van der Waals surface area (Å²) in [6.45, 7) is 4.10. The molecule has 0 aliphatic heterocycles. The number of nitrogens with zero attached hydrogens (tertiary/aromatic N) is 3. The molecule has 0 spiro atoms. The molecular weight excluding hydrogens is 258 g/mol. The van der Waals surface area contributed by atoms with Crippen LogP contribution in [0.1, 0.15) is 12.8 Å². The number of benzene rings is 1. The number of rotatable bonds is 7. The third kappa shape index (κ3) is 3.55. The van der Waals surface area contributed by atoms with Gasteiger partial charge in [-0.2, -0.15) is 4.98 Å². The molecule has 1 aromatic heterocycles. The van der Waals surface area contributed by atoms with Crippen LogP contribution in [0.3, 0.4) is 0 Å². The molecule has 6 nitrogen and oxygen atoms in total. The van der Waals surface area contributed by atoms with E-state index < -0.39 is 0 Å². The van der Waals surface area contributed by atoms with Crippen molar-refractivity contribution in [3.63, 3.8) is 0 Å². The second-order valence-corrected chi connectivity index (χ2v) is 4.33. The Morgan fingerprint density at radius 2 is 2.05 bits per heavy atom. The van der Waals surface area contributed by atoms with E-state index in [1.807, 2.05) is 36.1 Å². The lowest BCUT2D eigenvalue weighted by Gasteiger charge is -2.15. The molecule has 0 aliphatic rings. The van der Waals surface area contributed by atoms with Crippen LogP contribution in [-0.2, 0) is 6.54 Å². The molecule has 0 saturated heterocycles. The average molecular weight is 277 g/mol. The molecule has 1 heterocycles. The lowest BCUT2D eigenvalue weighted by atomic mass is 10.2. The van der Waals surface area contributed by atoms with Gasteiger partial charge in [0.1, 0.15) is 5.75 Å². The summed E-state index contributed by atoms with van der Waals surface area (Å²) in [4.78, 5) is 6.40. The summed E-state index contributed by atoms with van der Waals surface area (Å²) in [5.41, 5.74) is 0.881. The molecule has 1 aromatic carbocycles. The molecule has 0 fully saturated rings. The van der Waals surface area contributed by atoms with Crippen LogP contribution in [0.5, 0.6) is 5.75 Å². The minimum absolute atomic E-state index is 0.118. The Labute approximate surface area is 118 Å². The Balaban J connectivity index is 2.07. The van der Waals surface area contributed by atoms with Gasteiger partial charge in [-0.05, 0) is 30.8 Å². The third-order valence-electron chi connectivity index (χ3n) is 3.04. The molecule has 2 aromatic rings. The Bertz CT molecular complexity index is 525. The summed E-state index contributed by atoms with van der Waals surface area (Å²) >= 11 is 0. The molecule has 0 atom stereocenters. The van der Waals surface area contributed by atoms with E-state index in [1.54, 1.807) is 7.11 Å². The SMILES string of the molecule is CCN(CCO)Cc1nc(-c2ccc(OC)cc2)no1. The van der Waals surface area contributed by atoms with Crippen LogP contribution in [0.2, 0.25) is 0 Å². The highest BCUT2D eigenvalue weighted by Gasteiger charge is 2.11. The van der Waals surface area contributed by atoms with Crippen LogP contribution in [0, 0.1) is 0 Å². The maximum absolute atomic E-state index is 8.96. The highest BCUT2D eigenvalue weighted by Crippen LogP contribution is 2.19. The number of aliphatic hydroxyl groups is 1. The summed E-state index contributed by atoms with van der Waals surface area (Å²) in [7, 11) is 1.63. The second kappa shape index (κ2) is 7.02. The van der Waals surface area contributed by atoms with Crippen molar-refractivity contribution in [1.82, 2.24) is 15.0 Å². The molecule has 6 heteroatoms. The van der Waals surface area contributed by atoms with Gasteiger partial charge in [-0.15, -0.1) is 0 Å². The topological polar surface area (TPSA) is 71.6 Å². The van der Waals surface area contributed by atoms with E-state index >= 15 is 0 Å². The van der Waals surface area contributed by atoms with Gasteiger partial charge in [-0.25, -0.2) is 0 Å². The summed E-state index contributed by atoms with van der Waals surface area (Å²) < 4.78 is 10.3. The van der Waals surface area contributed by atoms with E-state index in [-0.39, 0.29) is 6.61 Å². The van der Waals surface area contributed by atoms with Crippen molar-refractivity contribution in [3.8, 4) is 17.1 Å². The minimum Gasteiger partial charge on any atom is -0.497 e. The highest BCUT2D eigenvalue weighted by molar-refractivity contribution is 5.55. The molecule has 0 unspecified atom stereocenters. The first-order chi connectivity index (χ1) is 9.76. The van der Waals surface area contributed by atoms with Gasteiger partial charge >= 0.3 is 0 Å². The van der Waals surface area contributed by atoms with E-state index in [4.69, 9.17) is 14.4 Å². The maximum atomic E-state index is 8.96. The zero-order valence-corrected chi connectivity index (χ0v) is 11.7. The predicted octanol–water partition coefficient (Wildman–Crippen LogP) is 1.56. The fourth-order valence-electron chi connectivity index (χ4n) is 1.86. The number of ether oxygens (including phenoxy) is 1. The summed E-state index contributed by atoms with van der Waals surface area (Å²) in [5, 5.41) is 12.9. The van der Waals surface area contributed by atoms with Gasteiger partial charge in [0.2, 0.25) is 11.7 Å². The molecule has 0 aliphatic carbocycles. The number of hydrogen-bond acceptors (Lipinski definition) is 6. The van der Waals surface area contributed by atoms with Gasteiger partial charge in [0, 0.05) is 12.1 Å². The fourth-order valence-corrected chi connectivity index (χ4v) is 1.86. The maximum Gasteiger partial charge on any atom is 0.241 e. The average Bonchev–Trinajstić information content (AvgIpc) is 2.95. The van der Waals surface area contributed by atoms with Crippen LogP contribution < -0.4 is 4.74 Å². The van der Waals surface area contributed by atoms with Crippen LogP contribution in [0.25, 0.3) is 11.4 Å². The minimum atomic E-state index is 0.118. The zero-order valence-electron chi connectivity index (χ0n) is 11.7. The summed E-state index contributed by atoms with van der Waals surface area (Å²) in [5.74, 6) is 1.89. The van der Waals surface area contributed by atoms with Crippen molar-refractivity contribution in [2.24, 2.45) is 0 Å². The van der Waals surface area contributed by atoms with Crippen molar-refractivity contribution >= 4 is 0 Å². The smallest absolute Gasteiger partial charge is 0.241 e. The Hall–Kier alpha value is -1.92. The zero-order chi connectivity index (χ0) is 14.4. The molecule has 20 heavy (non-hydrogen) atoms. The van der Waals surface area contributed by atoms with E-state index in [0.717, 1.165) is 17.9 Å². The van der Waals surface area contributed by atoms with Gasteiger partial charge in [0.15, 0.2) is 0 Å². The van der Waals surface area contributed by atoms with Crippen molar-refractivity contribution in [2.45, 2.75) is 13.5 Å². The van der Waals surface area contributed by atoms with Gasteiger partial charge in [-0.1, -0.05) is 12.1 Å². The molecule has 0 saturated carbocycles. The van der Waals surface area contributed by atoms with E-state index in [0.29, 0.717) is 24.8 Å². The lowest BCUT2D eigenvalue weighted by molar-refractivity contribution is 0.180. The number of aromatic nitrogens is 2. The van der Waals surface area contributed by atoms with Crippen molar-refractivity contribution < 1.29 is 14.4 Å². The van der Waals surface area contributed by atoms with Gasteiger partial charge in [0.25, 0.3) is 0 Å². The molecule has 0 bridgehead atoms. The summed E-state index contributed by atoms with van der Waals surface area (Å²) in [6.07, 6.45) is 0. The van der Waals surface area contributed by atoms with Crippen molar-refractivity contribution in [1.29, 1.82) is 0 Å². The second-order valence-electron chi connectivity index (χ2n) is 4.33. The summed E-state index contributed by atoms with van der Waals surface area (Å²) in [6, 6.07) is 7.49. The molecule has 0 radical (unpaired) electrons. The number of likely N-dealkylation sites (N-methyl/N-ethyl adjacent to an activating group) is 1. The Morgan fingerprint density at radius 3 is 2.65 bits per heavy atom. The monoisotopic (exact) mass is 277 g/mol. The molecular formula is C14H19N3O3. The number of aliphatic hydroxyl groups excluding tert-OH is 1. The Kier molecular flexibility index (Phi) is 5.09. The van der Waals surface area contributed by atoms with Gasteiger partial charge < -0.3 is 14.4 Å². The molecule has 2 rings (SSSR count). The molecule has 1 N–H and O–H groups in total. The quantitative estimate of drug-likeness (QED) is 0.828. The largest absolute Gasteiger partial charge is 0.497 e. The van der Waals surface area contributed by atoms with E-state index in [1.165, 1.54) is 0 Å². The Morgan fingerprint density at radius 1 is 1.30 bits per heavy atom. The van der Waals surface area contributed by atoms with E-state index in [9.17, 15) is 0 Å². The molecule has 0 amide bonds. The number of hydrogen-bond donors (Lipinski definition) is 1. The van der Waals surface area contributed by atoms with Crippen LogP contribution in [0.15, 0.2) is 28.8 Å². The van der Waals surface area contributed by atoms with Crippen LogP contribution in [-0.4, -0.2) is 47.0 Å².